The number of benzene rings is 3. The van der Waals surface area contributed by atoms with Gasteiger partial charge >= 0.3 is 12.4 Å². The van der Waals surface area contributed by atoms with Crippen molar-refractivity contribution in [2.24, 2.45) is 0 Å². The molecule has 0 aliphatic carbocycles. The van der Waals surface area contributed by atoms with Crippen molar-refractivity contribution in [1.82, 2.24) is 5.06 Å². The molecule has 9 heteroatoms. The Morgan fingerprint density at radius 3 is 1.56 bits per heavy atom. The predicted molar refractivity (Wildman–Crippen MR) is 112 cm³/mol. The Bertz CT molecular complexity index is 1010. The molecule has 3 aromatic carbocycles. The van der Waals surface area contributed by atoms with E-state index >= 15 is 0 Å². The summed E-state index contributed by atoms with van der Waals surface area (Å²) in [7, 11) is 0. The predicted octanol–water partition coefficient (Wildman–Crippen LogP) is 6.97. The van der Waals surface area contributed by atoms with E-state index in [4.69, 9.17) is 9.57 Å². The van der Waals surface area contributed by atoms with E-state index in [1.165, 1.54) is 0 Å². The van der Waals surface area contributed by atoms with Crippen LogP contribution < -0.4 is 0 Å². The minimum atomic E-state index is -4.92. The van der Waals surface area contributed by atoms with Gasteiger partial charge in [0.2, 0.25) is 0 Å². The van der Waals surface area contributed by atoms with Crippen molar-refractivity contribution in [3.05, 3.63) is 107 Å². The van der Waals surface area contributed by atoms with Crippen LogP contribution in [-0.4, -0.2) is 18.3 Å². The molecule has 3 nitrogen and oxygen atoms in total. The number of morpholine rings is 1. The second-order valence-electron chi connectivity index (χ2n) is 7.94. The van der Waals surface area contributed by atoms with E-state index in [9.17, 15) is 26.3 Å². The number of hydrogen-bond donors (Lipinski definition) is 0. The van der Waals surface area contributed by atoms with Gasteiger partial charge in [0.1, 0.15) is 0 Å². The Kier molecular flexibility index (Phi) is 6.97. The first-order chi connectivity index (χ1) is 16.1. The summed E-state index contributed by atoms with van der Waals surface area (Å²) in [5.41, 5.74) is -1.28. The maximum Gasteiger partial charge on any atom is 0.416 e. The number of alkyl halides is 6. The van der Waals surface area contributed by atoms with E-state index in [2.05, 4.69) is 0 Å². The van der Waals surface area contributed by atoms with Gasteiger partial charge < -0.3 is 4.74 Å². The smallest absolute Gasteiger partial charge is 0.377 e. The molecule has 0 spiro atoms. The zero-order valence-corrected chi connectivity index (χ0v) is 17.8. The van der Waals surface area contributed by atoms with Gasteiger partial charge in [-0.3, -0.25) is 4.84 Å². The monoisotopic (exact) mass is 481 g/mol. The fraction of sp³-hybridized carbons (Fsp3) is 0.280. The lowest BCUT2D eigenvalue weighted by Gasteiger charge is -2.41. The first kappa shape index (κ1) is 24.3. The lowest BCUT2D eigenvalue weighted by molar-refractivity contribution is -0.267. The third-order valence-electron chi connectivity index (χ3n) is 5.56. The van der Waals surface area contributed by atoms with Crippen molar-refractivity contribution in [2.75, 3.05) is 13.2 Å². The summed E-state index contributed by atoms with van der Waals surface area (Å²) in [6, 6.07) is 19.1. The quantitative estimate of drug-likeness (QED) is 0.368. The molecule has 0 bridgehead atoms. The van der Waals surface area contributed by atoms with Crippen LogP contribution in [0.1, 0.15) is 39.9 Å². The molecule has 0 unspecified atom stereocenters. The molecule has 1 heterocycles. The maximum atomic E-state index is 13.3. The van der Waals surface area contributed by atoms with Gasteiger partial charge in [-0.1, -0.05) is 60.7 Å². The van der Waals surface area contributed by atoms with Crippen LogP contribution in [0.25, 0.3) is 0 Å². The van der Waals surface area contributed by atoms with Crippen LogP contribution in [-0.2, 0) is 28.5 Å². The molecular weight excluding hydrogens is 460 g/mol. The van der Waals surface area contributed by atoms with Crippen molar-refractivity contribution in [1.29, 1.82) is 0 Å². The van der Waals surface area contributed by atoms with Crippen LogP contribution >= 0.6 is 0 Å². The molecule has 1 saturated heterocycles. The fourth-order valence-electron chi connectivity index (χ4n) is 3.92. The molecule has 0 aromatic heterocycles. The van der Waals surface area contributed by atoms with Gasteiger partial charge in [0.05, 0.1) is 43.0 Å². The summed E-state index contributed by atoms with van der Waals surface area (Å²) >= 11 is 0. The second kappa shape index (κ2) is 9.77. The third-order valence-corrected chi connectivity index (χ3v) is 5.56. The summed E-state index contributed by atoms with van der Waals surface area (Å²) in [5, 5.41) is 1.61. The highest BCUT2D eigenvalue weighted by Crippen LogP contribution is 2.38. The molecule has 1 aliphatic rings. The Hall–Kier alpha value is -2.88. The van der Waals surface area contributed by atoms with E-state index in [1.54, 1.807) is 5.06 Å². The lowest BCUT2D eigenvalue weighted by Crippen LogP contribution is -2.42. The molecular formula is C25H21F6NO2. The lowest BCUT2D eigenvalue weighted by atomic mass is 10.0. The normalized spacial score (nSPS) is 19.8. The van der Waals surface area contributed by atoms with E-state index < -0.39 is 42.2 Å². The minimum absolute atomic E-state index is 0.109. The molecule has 34 heavy (non-hydrogen) atoms. The average molecular weight is 481 g/mol. The summed E-state index contributed by atoms with van der Waals surface area (Å²) in [4.78, 5) is 5.96. The molecule has 0 amide bonds. The van der Waals surface area contributed by atoms with Gasteiger partial charge in [0.15, 0.2) is 0 Å². The Balaban J connectivity index is 1.67. The van der Waals surface area contributed by atoms with Gasteiger partial charge in [-0.05, 0) is 34.9 Å². The highest BCUT2D eigenvalue weighted by molar-refractivity contribution is 5.33. The fourth-order valence-corrected chi connectivity index (χ4v) is 3.92. The molecule has 4 rings (SSSR count). The topological polar surface area (TPSA) is 21.7 Å². The van der Waals surface area contributed by atoms with Crippen LogP contribution in [0.15, 0.2) is 78.9 Å². The Morgan fingerprint density at radius 2 is 1.15 bits per heavy atom. The summed E-state index contributed by atoms with van der Waals surface area (Å²) < 4.78 is 85.4. The molecule has 0 N–H and O–H groups in total. The highest BCUT2D eigenvalue weighted by Gasteiger charge is 2.38. The van der Waals surface area contributed by atoms with Crippen molar-refractivity contribution in [3.8, 4) is 0 Å². The Labute approximate surface area is 192 Å². The van der Waals surface area contributed by atoms with Crippen LogP contribution in [0.2, 0.25) is 0 Å². The molecule has 1 fully saturated rings. The first-order valence-corrected chi connectivity index (χ1v) is 10.5. The minimum Gasteiger partial charge on any atom is -0.377 e. The molecule has 180 valence electrons. The zero-order chi connectivity index (χ0) is 24.3. The second-order valence-corrected chi connectivity index (χ2v) is 7.94. The van der Waals surface area contributed by atoms with Crippen LogP contribution in [0.3, 0.4) is 0 Å². The van der Waals surface area contributed by atoms with Gasteiger partial charge in [0, 0.05) is 0 Å². The van der Waals surface area contributed by atoms with E-state index in [1.807, 2.05) is 60.7 Å². The van der Waals surface area contributed by atoms with E-state index in [-0.39, 0.29) is 24.8 Å². The van der Waals surface area contributed by atoms with Crippen molar-refractivity contribution in [2.45, 2.75) is 31.0 Å². The van der Waals surface area contributed by atoms with Crippen molar-refractivity contribution in [3.63, 3.8) is 0 Å². The van der Waals surface area contributed by atoms with Crippen LogP contribution in [0.5, 0.6) is 0 Å². The summed E-state index contributed by atoms with van der Waals surface area (Å²) in [6.07, 6.45) is -9.84. The number of halogens is 6. The molecule has 0 radical (unpaired) electrons. The molecule has 0 saturated carbocycles. The SMILES string of the molecule is FC(F)(F)c1cc(CON2[C@@H](c3ccccc3)COC[C@@H]2c2ccccc2)cc(C(F)(F)F)c1. The third kappa shape index (κ3) is 5.60. The average Bonchev–Trinajstić information content (AvgIpc) is 2.82. The molecule has 3 aromatic rings. The maximum absolute atomic E-state index is 13.3. The van der Waals surface area contributed by atoms with Crippen molar-refractivity contribution >= 4 is 0 Å². The zero-order valence-electron chi connectivity index (χ0n) is 17.8. The van der Waals surface area contributed by atoms with Crippen LogP contribution in [0.4, 0.5) is 26.3 Å². The van der Waals surface area contributed by atoms with Crippen molar-refractivity contribution < 1.29 is 35.9 Å². The number of ether oxygens (including phenoxy) is 1. The highest BCUT2D eigenvalue weighted by atomic mass is 19.4. The number of rotatable bonds is 5. The number of hydrogen-bond acceptors (Lipinski definition) is 3. The van der Waals surface area contributed by atoms with Gasteiger partial charge in [-0.15, -0.1) is 0 Å². The first-order valence-electron chi connectivity index (χ1n) is 10.5. The summed E-state index contributed by atoms with van der Waals surface area (Å²) in [6.45, 7) is 0.0349. The largest absolute Gasteiger partial charge is 0.416 e. The van der Waals surface area contributed by atoms with Crippen LogP contribution in [0, 0.1) is 0 Å². The molecule has 2 atom stereocenters. The Morgan fingerprint density at radius 1 is 0.706 bits per heavy atom. The van der Waals surface area contributed by atoms with Gasteiger partial charge in [-0.25, -0.2) is 0 Å². The van der Waals surface area contributed by atoms with E-state index in [0.717, 1.165) is 11.1 Å². The number of nitrogens with zero attached hydrogens (tertiary/aromatic N) is 1. The summed E-state index contributed by atoms with van der Waals surface area (Å²) in [5.74, 6) is 0. The standard InChI is InChI=1S/C25H21F6NO2/c26-24(27,28)20-11-17(12-21(13-20)25(29,30)31)14-34-32-22(18-7-3-1-4-8-18)15-33-16-23(32)19-9-5-2-6-10-19/h1-13,22-23H,14-16H2/t22-,23-/m1/s1. The van der Waals surface area contributed by atoms with Gasteiger partial charge in [-0.2, -0.15) is 31.4 Å². The van der Waals surface area contributed by atoms with Gasteiger partial charge in [0.25, 0.3) is 0 Å². The van der Waals surface area contributed by atoms with E-state index in [0.29, 0.717) is 12.1 Å². The molecule has 1 aliphatic heterocycles. The number of hydroxylamine groups is 2.